The molecule has 1 N–H and O–H groups in total. The third kappa shape index (κ3) is 4.77. The van der Waals surface area contributed by atoms with Crippen molar-refractivity contribution in [1.29, 1.82) is 0 Å². The van der Waals surface area contributed by atoms with Crippen LogP contribution in [0.25, 0.3) is 0 Å². The van der Waals surface area contributed by atoms with E-state index in [-0.39, 0.29) is 23.3 Å². The number of ether oxygens (including phenoxy) is 2. The first-order valence-corrected chi connectivity index (χ1v) is 11.7. The number of allylic oxidation sites excluding steroid dienone is 1. The maximum atomic E-state index is 13.2. The lowest BCUT2D eigenvalue weighted by Gasteiger charge is -2.59. The van der Waals surface area contributed by atoms with E-state index in [0.29, 0.717) is 35.1 Å². The summed E-state index contributed by atoms with van der Waals surface area (Å²) < 4.78 is 11.1. The van der Waals surface area contributed by atoms with Gasteiger partial charge in [0.25, 0.3) is 5.91 Å². The zero-order chi connectivity index (χ0) is 22.2. The Morgan fingerprint density at radius 1 is 1.16 bits per heavy atom. The van der Waals surface area contributed by atoms with Gasteiger partial charge in [-0.15, -0.1) is 0 Å². The number of hydrogen-bond acceptors (Lipinski definition) is 4. The van der Waals surface area contributed by atoms with Crippen molar-refractivity contribution in [1.82, 2.24) is 5.32 Å². The average Bonchev–Trinajstić information content (AvgIpc) is 2.70. The molecule has 0 aliphatic heterocycles. The van der Waals surface area contributed by atoms with Crippen LogP contribution in [0.2, 0.25) is 5.02 Å². The predicted molar refractivity (Wildman–Crippen MR) is 120 cm³/mol. The molecule has 1 amide bonds. The molecule has 5 nitrogen and oxygen atoms in total. The molecule has 0 spiro atoms. The third-order valence-electron chi connectivity index (χ3n) is 7.21. The van der Waals surface area contributed by atoms with Gasteiger partial charge in [-0.3, -0.25) is 4.79 Å². The Bertz CT molecular complexity index is 847. The molecule has 0 heterocycles. The van der Waals surface area contributed by atoms with Crippen LogP contribution in [-0.4, -0.2) is 30.1 Å². The van der Waals surface area contributed by atoms with Crippen molar-refractivity contribution in [2.45, 2.75) is 64.5 Å². The highest BCUT2D eigenvalue weighted by molar-refractivity contribution is 6.30. The summed E-state index contributed by atoms with van der Waals surface area (Å²) in [7, 11) is 0. The highest BCUT2D eigenvalue weighted by Gasteiger charge is 2.55. The molecule has 4 fully saturated rings. The maximum Gasteiger partial charge on any atom is 0.330 e. The van der Waals surface area contributed by atoms with Gasteiger partial charge in [-0.2, -0.15) is 0 Å². The zero-order valence-electron chi connectivity index (χ0n) is 18.5. The van der Waals surface area contributed by atoms with E-state index in [0.717, 1.165) is 32.1 Å². The highest BCUT2D eigenvalue weighted by Crippen LogP contribution is 2.60. The summed E-state index contributed by atoms with van der Waals surface area (Å²) in [6.07, 6.45) is 9.18. The van der Waals surface area contributed by atoms with Gasteiger partial charge in [0.1, 0.15) is 5.75 Å². The fourth-order valence-electron chi connectivity index (χ4n) is 6.13. The number of carbonyl (C=O) groups excluding carboxylic acids is 2. The molecular formula is C25H32ClNO4. The number of hydrogen-bond donors (Lipinski definition) is 1. The van der Waals surface area contributed by atoms with Crippen LogP contribution in [-0.2, 0) is 14.3 Å². The minimum absolute atomic E-state index is 0.0693. The van der Waals surface area contributed by atoms with Crippen LogP contribution in [0.3, 0.4) is 0 Å². The number of carbonyl (C=O) groups is 2. The highest BCUT2D eigenvalue weighted by atomic mass is 35.5. The molecule has 4 aliphatic carbocycles. The first-order chi connectivity index (χ1) is 14.7. The Balaban J connectivity index is 1.42. The lowest BCUT2D eigenvalue weighted by atomic mass is 9.48. The zero-order valence-corrected chi connectivity index (χ0v) is 19.3. The van der Waals surface area contributed by atoms with Crippen LogP contribution in [0.15, 0.2) is 36.4 Å². The molecule has 0 radical (unpaired) electrons. The molecule has 2 unspecified atom stereocenters. The van der Waals surface area contributed by atoms with Gasteiger partial charge in [-0.25, -0.2) is 4.79 Å². The van der Waals surface area contributed by atoms with Crippen molar-refractivity contribution >= 4 is 23.5 Å². The molecule has 5 rings (SSSR count). The van der Waals surface area contributed by atoms with Crippen LogP contribution >= 0.6 is 11.6 Å². The summed E-state index contributed by atoms with van der Waals surface area (Å²) in [5, 5.41) is 3.96. The van der Waals surface area contributed by atoms with Gasteiger partial charge in [0.2, 0.25) is 0 Å². The number of esters is 1. The maximum absolute atomic E-state index is 13.2. The fourth-order valence-corrected chi connectivity index (χ4v) is 6.26. The van der Waals surface area contributed by atoms with Gasteiger partial charge in [0, 0.05) is 17.1 Å². The summed E-state index contributed by atoms with van der Waals surface area (Å²) in [4.78, 5) is 25.0. The van der Waals surface area contributed by atoms with E-state index in [2.05, 4.69) is 11.4 Å². The number of nitrogens with one attached hydrogen (secondary N) is 1. The van der Waals surface area contributed by atoms with Crippen molar-refractivity contribution < 1.29 is 19.1 Å². The Kier molecular flexibility index (Phi) is 6.08. The molecule has 2 atom stereocenters. The number of rotatable bonds is 7. The molecule has 1 aromatic carbocycles. The average molecular weight is 446 g/mol. The minimum atomic E-state index is -0.982. The van der Waals surface area contributed by atoms with E-state index in [9.17, 15) is 9.59 Å². The molecule has 0 aromatic heterocycles. The molecule has 1 aromatic rings. The monoisotopic (exact) mass is 445 g/mol. The van der Waals surface area contributed by atoms with Crippen LogP contribution in [0, 0.1) is 23.2 Å². The smallest absolute Gasteiger partial charge is 0.330 e. The SMILES string of the molecule is CCOC(=O)/C=C/C12CC3CC(C1)C(NC(=O)C(C)(C)Oc1ccc(Cl)cc1)C(C3)C2. The number of amides is 1. The van der Waals surface area contributed by atoms with E-state index in [4.69, 9.17) is 21.1 Å². The second-order valence-corrected chi connectivity index (χ2v) is 10.4. The molecule has 4 aliphatic rings. The van der Waals surface area contributed by atoms with E-state index in [1.54, 1.807) is 44.2 Å². The summed E-state index contributed by atoms with van der Waals surface area (Å²) in [6, 6.07) is 7.23. The molecule has 4 saturated carbocycles. The van der Waals surface area contributed by atoms with Crippen molar-refractivity contribution in [2.75, 3.05) is 6.61 Å². The number of halogens is 1. The quantitative estimate of drug-likeness (QED) is 0.477. The fraction of sp³-hybridized carbons (Fsp3) is 0.600. The second kappa shape index (κ2) is 8.50. The van der Waals surface area contributed by atoms with Gasteiger partial charge in [-0.1, -0.05) is 17.7 Å². The van der Waals surface area contributed by atoms with Crippen LogP contribution in [0.1, 0.15) is 52.9 Å². The lowest BCUT2D eigenvalue weighted by molar-refractivity contribution is -0.139. The van der Waals surface area contributed by atoms with E-state index < -0.39 is 5.60 Å². The first kappa shape index (κ1) is 22.2. The van der Waals surface area contributed by atoms with Gasteiger partial charge in [-0.05, 0) is 100 Å². The molecule has 6 heteroatoms. The summed E-state index contributed by atoms with van der Waals surface area (Å²) in [5.74, 6) is 1.83. The predicted octanol–water partition coefficient (Wildman–Crippen LogP) is 4.93. The molecule has 0 saturated heterocycles. The van der Waals surface area contributed by atoms with Crippen LogP contribution in [0.5, 0.6) is 5.75 Å². The first-order valence-electron chi connectivity index (χ1n) is 11.3. The molecule has 4 bridgehead atoms. The van der Waals surface area contributed by atoms with Gasteiger partial charge < -0.3 is 14.8 Å². The van der Waals surface area contributed by atoms with Crippen molar-refractivity contribution in [3.8, 4) is 5.75 Å². The lowest BCUT2D eigenvalue weighted by Crippen LogP contribution is -2.61. The summed E-state index contributed by atoms with van der Waals surface area (Å²) >= 11 is 5.95. The second-order valence-electron chi connectivity index (χ2n) is 9.98. The molecule has 168 valence electrons. The van der Waals surface area contributed by atoms with Crippen LogP contribution in [0.4, 0.5) is 0 Å². The molecule has 31 heavy (non-hydrogen) atoms. The van der Waals surface area contributed by atoms with Gasteiger partial charge in [0.15, 0.2) is 5.60 Å². The Morgan fingerprint density at radius 2 is 1.81 bits per heavy atom. The minimum Gasteiger partial charge on any atom is -0.478 e. The van der Waals surface area contributed by atoms with E-state index in [1.165, 1.54) is 0 Å². The number of benzene rings is 1. The van der Waals surface area contributed by atoms with Crippen molar-refractivity contribution in [2.24, 2.45) is 23.2 Å². The van der Waals surface area contributed by atoms with Gasteiger partial charge in [0.05, 0.1) is 6.61 Å². The largest absolute Gasteiger partial charge is 0.478 e. The van der Waals surface area contributed by atoms with E-state index >= 15 is 0 Å². The topological polar surface area (TPSA) is 64.6 Å². The van der Waals surface area contributed by atoms with Crippen molar-refractivity contribution in [3.63, 3.8) is 0 Å². The van der Waals surface area contributed by atoms with E-state index in [1.807, 2.05) is 6.92 Å². The summed E-state index contributed by atoms with van der Waals surface area (Å²) in [6.45, 7) is 5.82. The third-order valence-corrected chi connectivity index (χ3v) is 7.46. The van der Waals surface area contributed by atoms with Gasteiger partial charge >= 0.3 is 5.97 Å². The van der Waals surface area contributed by atoms with Crippen LogP contribution < -0.4 is 10.1 Å². The molecular weight excluding hydrogens is 414 g/mol. The summed E-state index contributed by atoms with van der Waals surface area (Å²) in [5.41, 5.74) is -0.913. The Hall–Kier alpha value is -2.01. The Morgan fingerprint density at radius 3 is 2.42 bits per heavy atom. The standard InChI is InChI=1S/C25H32ClNO4/c1-4-30-21(28)9-10-25-13-16-11-17(14-25)22(18(12-16)15-25)27-23(29)24(2,3)31-20-7-5-19(26)6-8-20/h5-10,16-18,22H,4,11-15H2,1-3H3,(H,27,29)/b10-9+. The Labute approximate surface area is 189 Å². The normalized spacial score (nSPS) is 31.6. The van der Waals surface area contributed by atoms with Crippen molar-refractivity contribution in [3.05, 3.63) is 41.4 Å².